The number of carbonyl (C=O) groups is 1. The number of amides is 1. The zero-order valence-corrected chi connectivity index (χ0v) is 12.7. The van der Waals surface area contributed by atoms with E-state index < -0.39 is 0 Å². The molecule has 0 aromatic heterocycles. The topological polar surface area (TPSA) is 32.3 Å². The van der Waals surface area contributed by atoms with E-state index in [1.807, 2.05) is 12.1 Å². The fourth-order valence-corrected chi connectivity index (χ4v) is 3.51. The quantitative estimate of drug-likeness (QED) is 0.787. The molecule has 1 aromatic rings. The Hall–Kier alpha value is -1.35. The highest BCUT2D eigenvalue weighted by Crippen LogP contribution is 2.42. The first-order chi connectivity index (χ1) is 9.41. The maximum atomic E-state index is 12.6. The predicted octanol–water partition coefficient (Wildman–Crippen LogP) is 3.06. The lowest BCUT2D eigenvalue weighted by molar-refractivity contribution is -0.129. The Morgan fingerprint density at radius 1 is 1.15 bits per heavy atom. The lowest BCUT2D eigenvalue weighted by Crippen LogP contribution is -2.54. The first kappa shape index (κ1) is 13.6. The third-order valence-corrected chi connectivity index (χ3v) is 4.95. The number of anilines is 1. The third kappa shape index (κ3) is 2.24. The van der Waals surface area contributed by atoms with Crippen LogP contribution in [0.2, 0.25) is 0 Å². The number of para-hydroxylation sites is 1. The van der Waals surface area contributed by atoms with E-state index in [2.05, 4.69) is 43.1 Å². The van der Waals surface area contributed by atoms with Crippen LogP contribution in [0.4, 0.5) is 5.69 Å². The molecule has 1 N–H and O–H groups in total. The van der Waals surface area contributed by atoms with Gasteiger partial charge >= 0.3 is 0 Å². The van der Waals surface area contributed by atoms with E-state index in [0.717, 1.165) is 38.0 Å². The number of likely N-dealkylation sites (tertiary alicyclic amines) is 1. The molecule has 0 saturated carbocycles. The molecular formula is C17H24N2O. The van der Waals surface area contributed by atoms with Crippen molar-refractivity contribution in [1.29, 1.82) is 0 Å². The van der Waals surface area contributed by atoms with Crippen molar-refractivity contribution in [2.24, 2.45) is 5.41 Å². The monoisotopic (exact) mass is 272 g/mol. The molecule has 3 nitrogen and oxygen atoms in total. The van der Waals surface area contributed by atoms with Gasteiger partial charge in [0.15, 0.2) is 0 Å². The van der Waals surface area contributed by atoms with Crippen molar-refractivity contribution in [2.45, 2.75) is 45.6 Å². The van der Waals surface area contributed by atoms with Gasteiger partial charge in [-0.05, 0) is 64.8 Å². The Morgan fingerprint density at radius 2 is 1.80 bits per heavy atom. The van der Waals surface area contributed by atoms with Crippen LogP contribution in [0.5, 0.6) is 0 Å². The Kier molecular flexibility index (Phi) is 3.13. The fourth-order valence-electron chi connectivity index (χ4n) is 3.51. The van der Waals surface area contributed by atoms with E-state index in [1.54, 1.807) is 0 Å². The van der Waals surface area contributed by atoms with Crippen LogP contribution in [-0.2, 0) is 11.2 Å². The molecule has 1 aromatic carbocycles. The molecule has 1 fully saturated rings. The van der Waals surface area contributed by atoms with Crippen molar-refractivity contribution >= 4 is 11.6 Å². The number of hydrogen-bond donors (Lipinski definition) is 1. The zero-order valence-electron chi connectivity index (χ0n) is 12.7. The molecule has 0 bridgehead atoms. The molecule has 20 heavy (non-hydrogen) atoms. The van der Waals surface area contributed by atoms with Gasteiger partial charge in [-0.15, -0.1) is 0 Å². The molecular weight excluding hydrogens is 248 g/mol. The van der Waals surface area contributed by atoms with Crippen LogP contribution >= 0.6 is 0 Å². The standard InChI is InChI=1S/C17H24N2O/c1-16(2,3)19-10-8-17(9-11-19)12-13-6-4-5-7-14(13)18-15(17)20/h4-7H,8-12H2,1-3H3,(H,18,20). The van der Waals surface area contributed by atoms with Crippen molar-refractivity contribution in [3.8, 4) is 0 Å². The van der Waals surface area contributed by atoms with Gasteiger partial charge in [0.2, 0.25) is 5.91 Å². The summed E-state index contributed by atoms with van der Waals surface area (Å²) in [5.41, 5.74) is 2.30. The summed E-state index contributed by atoms with van der Waals surface area (Å²) in [4.78, 5) is 15.1. The normalized spacial score (nSPS) is 22.4. The second-order valence-corrected chi connectivity index (χ2v) is 7.23. The van der Waals surface area contributed by atoms with Gasteiger partial charge in [0.1, 0.15) is 0 Å². The largest absolute Gasteiger partial charge is 0.325 e. The maximum absolute atomic E-state index is 12.6. The summed E-state index contributed by atoms with van der Waals surface area (Å²) in [6.07, 6.45) is 2.82. The highest BCUT2D eigenvalue weighted by Gasteiger charge is 2.45. The minimum absolute atomic E-state index is 0.184. The van der Waals surface area contributed by atoms with E-state index in [9.17, 15) is 4.79 Å². The number of nitrogens with one attached hydrogen (secondary N) is 1. The average Bonchev–Trinajstić information content (AvgIpc) is 2.40. The van der Waals surface area contributed by atoms with Crippen molar-refractivity contribution in [3.05, 3.63) is 29.8 Å². The molecule has 3 heteroatoms. The number of nitrogens with zero attached hydrogens (tertiary/aromatic N) is 1. The number of rotatable bonds is 0. The van der Waals surface area contributed by atoms with Crippen LogP contribution in [0.15, 0.2) is 24.3 Å². The molecule has 0 radical (unpaired) electrons. The summed E-state index contributed by atoms with van der Waals surface area (Å²) in [7, 11) is 0. The minimum Gasteiger partial charge on any atom is -0.325 e. The second-order valence-electron chi connectivity index (χ2n) is 7.23. The van der Waals surface area contributed by atoms with Gasteiger partial charge in [0.25, 0.3) is 0 Å². The number of benzene rings is 1. The molecule has 0 unspecified atom stereocenters. The highest BCUT2D eigenvalue weighted by molar-refractivity contribution is 5.98. The Morgan fingerprint density at radius 3 is 2.45 bits per heavy atom. The van der Waals surface area contributed by atoms with E-state index in [-0.39, 0.29) is 16.9 Å². The van der Waals surface area contributed by atoms with Crippen LogP contribution in [0, 0.1) is 5.41 Å². The summed E-state index contributed by atoms with van der Waals surface area (Å²) >= 11 is 0. The zero-order chi connectivity index (χ0) is 14.4. The molecule has 1 spiro atoms. The van der Waals surface area contributed by atoms with Crippen LogP contribution in [0.25, 0.3) is 0 Å². The second kappa shape index (κ2) is 4.59. The number of hydrogen-bond acceptors (Lipinski definition) is 2. The van der Waals surface area contributed by atoms with Gasteiger partial charge in [0.05, 0.1) is 5.41 Å². The Bertz CT molecular complexity index is 522. The minimum atomic E-state index is -0.184. The molecule has 3 rings (SSSR count). The molecule has 1 saturated heterocycles. The highest BCUT2D eigenvalue weighted by atomic mass is 16.2. The molecule has 0 aliphatic carbocycles. The van der Waals surface area contributed by atoms with Gasteiger partial charge in [-0.3, -0.25) is 9.69 Å². The lowest BCUT2D eigenvalue weighted by atomic mass is 9.70. The van der Waals surface area contributed by atoms with Gasteiger partial charge in [-0.25, -0.2) is 0 Å². The maximum Gasteiger partial charge on any atom is 0.231 e. The van der Waals surface area contributed by atoms with Gasteiger partial charge < -0.3 is 5.32 Å². The van der Waals surface area contributed by atoms with Crippen LogP contribution < -0.4 is 5.32 Å². The van der Waals surface area contributed by atoms with Crippen molar-refractivity contribution in [2.75, 3.05) is 18.4 Å². The summed E-state index contributed by atoms with van der Waals surface area (Å²) in [6, 6.07) is 8.20. The molecule has 2 heterocycles. The SMILES string of the molecule is CC(C)(C)N1CCC2(CC1)Cc1ccccc1NC2=O. The van der Waals surface area contributed by atoms with E-state index >= 15 is 0 Å². The van der Waals surface area contributed by atoms with E-state index in [0.29, 0.717) is 0 Å². The first-order valence-electron chi connectivity index (χ1n) is 7.55. The summed E-state index contributed by atoms with van der Waals surface area (Å²) < 4.78 is 0. The summed E-state index contributed by atoms with van der Waals surface area (Å²) in [5.74, 6) is 0.227. The smallest absolute Gasteiger partial charge is 0.231 e. The van der Waals surface area contributed by atoms with Gasteiger partial charge in [0, 0.05) is 11.2 Å². The van der Waals surface area contributed by atoms with Crippen molar-refractivity contribution in [1.82, 2.24) is 4.90 Å². The average molecular weight is 272 g/mol. The summed E-state index contributed by atoms with van der Waals surface area (Å²) in [6.45, 7) is 8.78. The molecule has 108 valence electrons. The van der Waals surface area contributed by atoms with Crippen molar-refractivity contribution < 1.29 is 4.79 Å². The van der Waals surface area contributed by atoms with Crippen LogP contribution in [0.1, 0.15) is 39.2 Å². The first-order valence-corrected chi connectivity index (χ1v) is 7.55. The third-order valence-electron chi connectivity index (χ3n) is 4.95. The number of piperidine rings is 1. The van der Waals surface area contributed by atoms with Gasteiger partial charge in [-0.2, -0.15) is 0 Å². The van der Waals surface area contributed by atoms with E-state index in [1.165, 1.54) is 5.56 Å². The Labute approximate surface area is 121 Å². The van der Waals surface area contributed by atoms with Crippen molar-refractivity contribution in [3.63, 3.8) is 0 Å². The molecule has 0 atom stereocenters. The van der Waals surface area contributed by atoms with Gasteiger partial charge in [-0.1, -0.05) is 18.2 Å². The predicted molar refractivity (Wildman–Crippen MR) is 81.8 cm³/mol. The summed E-state index contributed by atoms with van der Waals surface area (Å²) in [5, 5.41) is 3.12. The molecule has 2 aliphatic heterocycles. The number of fused-ring (bicyclic) bond motifs is 1. The Balaban J connectivity index is 1.80. The van der Waals surface area contributed by atoms with Crippen LogP contribution in [0.3, 0.4) is 0 Å². The lowest BCUT2D eigenvalue weighted by Gasteiger charge is -2.47. The molecule has 1 amide bonds. The van der Waals surface area contributed by atoms with E-state index in [4.69, 9.17) is 0 Å². The number of carbonyl (C=O) groups excluding carboxylic acids is 1. The van der Waals surface area contributed by atoms with Crippen LogP contribution in [-0.4, -0.2) is 29.4 Å². The fraction of sp³-hybridized carbons (Fsp3) is 0.588. The molecule has 2 aliphatic rings.